The van der Waals surface area contributed by atoms with Crippen LogP contribution in [0.5, 0.6) is 0 Å². The monoisotopic (exact) mass is 309 g/mol. The molecule has 1 aromatic rings. The standard InChI is InChI=1S/C8H12IN3S/c9-6-3-1-5(2-4-6)7-11-12-8(10)13-7/h5-6H,1-4H2,(H2,10,12). The normalized spacial score (nSPS) is 29.0. The van der Waals surface area contributed by atoms with E-state index in [9.17, 15) is 0 Å². The van der Waals surface area contributed by atoms with Crippen molar-refractivity contribution in [1.82, 2.24) is 10.2 Å². The quantitative estimate of drug-likeness (QED) is 0.641. The first kappa shape index (κ1) is 9.64. The molecule has 0 aromatic carbocycles. The first-order chi connectivity index (χ1) is 6.25. The fraction of sp³-hybridized carbons (Fsp3) is 0.750. The van der Waals surface area contributed by atoms with Crippen LogP contribution in [-0.2, 0) is 0 Å². The van der Waals surface area contributed by atoms with E-state index in [1.165, 1.54) is 25.7 Å². The molecule has 1 aromatic heterocycles. The van der Waals surface area contributed by atoms with Crippen molar-refractivity contribution < 1.29 is 0 Å². The Morgan fingerprint density at radius 1 is 1.23 bits per heavy atom. The molecule has 1 saturated carbocycles. The summed E-state index contributed by atoms with van der Waals surface area (Å²) in [6.07, 6.45) is 5.12. The van der Waals surface area contributed by atoms with Gasteiger partial charge >= 0.3 is 0 Å². The number of alkyl halides is 1. The molecular formula is C8H12IN3S. The minimum Gasteiger partial charge on any atom is -0.374 e. The fourth-order valence-corrected chi connectivity index (χ4v) is 3.21. The van der Waals surface area contributed by atoms with Gasteiger partial charge in [0.25, 0.3) is 0 Å². The molecule has 0 bridgehead atoms. The Balaban J connectivity index is 2.02. The van der Waals surface area contributed by atoms with Crippen LogP contribution < -0.4 is 5.73 Å². The van der Waals surface area contributed by atoms with Gasteiger partial charge in [0.15, 0.2) is 0 Å². The van der Waals surface area contributed by atoms with Crippen molar-refractivity contribution in [2.45, 2.75) is 35.5 Å². The van der Waals surface area contributed by atoms with Gasteiger partial charge in [-0.2, -0.15) is 0 Å². The highest BCUT2D eigenvalue weighted by Crippen LogP contribution is 2.37. The highest BCUT2D eigenvalue weighted by Gasteiger charge is 2.23. The van der Waals surface area contributed by atoms with Gasteiger partial charge in [0, 0.05) is 9.84 Å². The highest BCUT2D eigenvalue weighted by atomic mass is 127. The topological polar surface area (TPSA) is 51.8 Å². The molecule has 3 nitrogen and oxygen atoms in total. The molecule has 0 spiro atoms. The molecule has 1 heterocycles. The molecule has 72 valence electrons. The zero-order chi connectivity index (χ0) is 9.26. The molecule has 13 heavy (non-hydrogen) atoms. The van der Waals surface area contributed by atoms with Crippen LogP contribution in [-0.4, -0.2) is 14.1 Å². The molecule has 2 N–H and O–H groups in total. The lowest BCUT2D eigenvalue weighted by atomic mass is 9.90. The van der Waals surface area contributed by atoms with Gasteiger partial charge in [0.05, 0.1) is 0 Å². The van der Waals surface area contributed by atoms with Crippen molar-refractivity contribution in [2.24, 2.45) is 0 Å². The van der Waals surface area contributed by atoms with Crippen molar-refractivity contribution in [3.63, 3.8) is 0 Å². The van der Waals surface area contributed by atoms with Crippen LogP contribution >= 0.6 is 33.9 Å². The summed E-state index contributed by atoms with van der Waals surface area (Å²) in [4.78, 5) is 0. The van der Waals surface area contributed by atoms with Gasteiger partial charge in [-0.05, 0) is 25.7 Å². The second kappa shape index (κ2) is 4.08. The van der Waals surface area contributed by atoms with Gasteiger partial charge < -0.3 is 5.73 Å². The smallest absolute Gasteiger partial charge is 0.203 e. The average Bonchev–Trinajstić information content (AvgIpc) is 2.53. The summed E-state index contributed by atoms with van der Waals surface area (Å²) in [6.45, 7) is 0. The Kier molecular flexibility index (Phi) is 3.02. The Labute approximate surface area is 95.3 Å². The number of halogens is 1. The van der Waals surface area contributed by atoms with Gasteiger partial charge in [-0.1, -0.05) is 33.9 Å². The van der Waals surface area contributed by atoms with E-state index < -0.39 is 0 Å². The third kappa shape index (κ3) is 2.31. The number of nitrogens with zero attached hydrogens (tertiary/aromatic N) is 2. The predicted octanol–water partition coefficient (Wildman–Crippen LogP) is 2.58. The largest absolute Gasteiger partial charge is 0.374 e. The number of hydrogen-bond acceptors (Lipinski definition) is 4. The summed E-state index contributed by atoms with van der Waals surface area (Å²) in [5, 5.41) is 9.70. The minimum atomic E-state index is 0.603. The van der Waals surface area contributed by atoms with E-state index in [1.54, 1.807) is 11.3 Å². The molecule has 1 aliphatic rings. The third-order valence-electron chi connectivity index (χ3n) is 2.46. The molecule has 2 rings (SSSR count). The van der Waals surface area contributed by atoms with Crippen LogP contribution in [0.25, 0.3) is 0 Å². The summed E-state index contributed by atoms with van der Waals surface area (Å²) < 4.78 is 0.860. The number of anilines is 1. The average molecular weight is 309 g/mol. The van der Waals surface area contributed by atoms with E-state index in [1.807, 2.05) is 0 Å². The maximum atomic E-state index is 5.56. The summed E-state index contributed by atoms with van der Waals surface area (Å²) in [5.41, 5.74) is 5.56. The zero-order valence-electron chi connectivity index (χ0n) is 7.24. The molecule has 0 atom stereocenters. The van der Waals surface area contributed by atoms with Crippen LogP contribution in [0.3, 0.4) is 0 Å². The lowest BCUT2D eigenvalue weighted by Gasteiger charge is -2.22. The molecule has 0 amide bonds. The van der Waals surface area contributed by atoms with E-state index in [0.29, 0.717) is 11.0 Å². The Hall–Kier alpha value is 0.0900. The van der Waals surface area contributed by atoms with Crippen LogP contribution in [0.2, 0.25) is 0 Å². The SMILES string of the molecule is Nc1nnc(C2CCC(I)CC2)s1. The molecule has 1 aliphatic carbocycles. The maximum Gasteiger partial charge on any atom is 0.203 e. The Morgan fingerprint density at radius 3 is 2.46 bits per heavy atom. The first-order valence-corrected chi connectivity index (χ1v) is 6.55. The summed E-state index contributed by atoms with van der Waals surface area (Å²) in [7, 11) is 0. The number of hydrogen-bond donors (Lipinski definition) is 1. The van der Waals surface area contributed by atoms with Crippen molar-refractivity contribution >= 4 is 39.1 Å². The van der Waals surface area contributed by atoms with Crippen LogP contribution in [0.1, 0.15) is 36.6 Å². The zero-order valence-corrected chi connectivity index (χ0v) is 10.2. The van der Waals surface area contributed by atoms with E-state index in [2.05, 4.69) is 32.8 Å². The lowest BCUT2D eigenvalue weighted by molar-refractivity contribution is 0.459. The summed E-state index contributed by atoms with van der Waals surface area (Å²) in [5.74, 6) is 0.626. The van der Waals surface area contributed by atoms with Crippen molar-refractivity contribution in [3.8, 4) is 0 Å². The molecule has 1 fully saturated rings. The van der Waals surface area contributed by atoms with Gasteiger partial charge in [-0.25, -0.2) is 0 Å². The van der Waals surface area contributed by atoms with Crippen LogP contribution in [0.4, 0.5) is 5.13 Å². The number of rotatable bonds is 1. The van der Waals surface area contributed by atoms with E-state index in [4.69, 9.17) is 5.73 Å². The molecule has 0 unspecified atom stereocenters. The van der Waals surface area contributed by atoms with E-state index in [-0.39, 0.29) is 0 Å². The summed E-state index contributed by atoms with van der Waals surface area (Å²) in [6, 6.07) is 0. The molecule has 0 saturated heterocycles. The van der Waals surface area contributed by atoms with Gasteiger partial charge in [0.1, 0.15) is 5.01 Å². The van der Waals surface area contributed by atoms with E-state index >= 15 is 0 Å². The molecule has 0 radical (unpaired) electrons. The number of nitrogen functional groups attached to an aromatic ring is 1. The van der Waals surface area contributed by atoms with Crippen LogP contribution in [0, 0.1) is 0 Å². The first-order valence-electron chi connectivity index (χ1n) is 4.48. The predicted molar refractivity (Wildman–Crippen MR) is 63.3 cm³/mol. The van der Waals surface area contributed by atoms with Crippen molar-refractivity contribution in [1.29, 1.82) is 0 Å². The number of aromatic nitrogens is 2. The van der Waals surface area contributed by atoms with Crippen molar-refractivity contribution in [3.05, 3.63) is 5.01 Å². The van der Waals surface area contributed by atoms with Crippen molar-refractivity contribution in [2.75, 3.05) is 5.73 Å². The second-order valence-corrected chi connectivity index (χ2v) is 6.23. The Bertz CT molecular complexity index is 281. The lowest BCUT2D eigenvalue weighted by Crippen LogP contribution is -2.12. The molecular weight excluding hydrogens is 297 g/mol. The van der Waals surface area contributed by atoms with E-state index in [0.717, 1.165) is 8.93 Å². The minimum absolute atomic E-state index is 0.603. The number of nitrogens with two attached hydrogens (primary N) is 1. The second-order valence-electron chi connectivity index (χ2n) is 3.43. The fourth-order valence-electron chi connectivity index (χ4n) is 1.71. The maximum absolute atomic E-state index is 5.56. The van der Waals surface area contributed by atoms with Gasteiger partial charge in [-0.15, -0.1) is 10.2 Å². The van der Waals surface area contributed by atoms with Crippen LogP contribution in [0.15, 0.2) is 0 Å². The van der Waals surface area contributed by atoms with Gasteiger partial charge in [0.2, 0.25) is 5.13 Å². The van der Waals surface area contributed by atoms with Gasteiger partial charge in [-0.3, -0.25) is 0 Å². The molecule has 0 aliphatic heterocycles. The third-order valence-corrected chi connectivity index (χ3v) is 4.62. The summed E-state index contributed by atoms with van der Waals surface area (Å²) >= 11 is 4.08. The Morgan fingerprint density at radius 2 is 1.92 bits per heavy atom. The highest BCUT2D eigenvalue weighted by molar-refractivity contribution is 14.1. The molecule has 5 heteroatoms.